The van der Waals surface area contributed by atoms with Crippen molar-refractivity contribution in [1.29, 1.82) is 0 Å². The van der Waals surface area contributed by atoms with Crippen molar-refractivity contribution in [2.45, 2.75) is 40.2 Å². The van der Waals surface area contributed by atoms with Crippen molar-refractivity contribution < 1.29 is 10.2 Å². The van der Waals surface area contributed by atoms with Gasteiger partial charge in [-0.05, 0) is 36.5 Å². The molecule has 17 heavy (non-hydrogen) atoms. The van der Waals surface area contributed by atoms with Crippen molar-refractivity contribution in [2.75, 3.05) is 6.54 Å². The molecule has 0 amide bonds. The Morgan fingerprint density at radius 2 is 1.71 bits per heavy atom. The number of benzene rings is 1. The molecule has 3 heteroatoms. The summed E-state index contributed by atoms with van der Waals surface area (Å²) in [5, 5.41) is 22.3. The van der Waals surface area contributed by atoms with E-state index in [1.165, 1.54) is 6.07 Å². The first kappa shape index (κ1) is 13.8. The zero-order valence-electron chi connectivity index (χ0n) is 11.1. The summed E-state index contributed by atoms with van der Waals surface area (Å²) in [6.07, 6.45) is 1.11. The average molecular weight is 237 g/mol. The summed E-state index contributed by atoms with van der Waals surface area (Å²) < 4.78 is 0. The first-order valence-corrected chi connectivity index (χ1v) is 6.10. The predicted octanol–water partition coefficient (Wildman–Crippen LogP) is 3.18. The molecule has 3 nitrogen and oxygen atoms in total. The van der Waals surface area contributed by atoms with E-state index in [1.54, 1.807) is 12.1 Å². The zero-order chi connectivity index (χ0) is 13.1. The summed E-state index contributed by atoms with van der Waals surface area (Å²) in [5.41, 5.74) is 1.15. The molecule has 1 atom stereocenters. The Kier molecular flexibility index (Phi) is 4.40. The minimum atomic E-state index is 0.100. The van der Waals surface area contributed by atoms with Crippen molar-refractivity contribution >= 4 is 0 Å². The van der Waals surface area contributed by atoms with Crippen LogP contribution in [0.2, 0.25) is 0 Å². The highest BCUT2D eigenvalue weighted by molar-refractivity contribution is 5.37. The second kappa shape index (κ2) is 5.41. The molecule has 0 saturated carbocycles. The molecule has 1 aromatic rings. The fourth-order valence-corrected chi connectivity index (χ4v) is 1.54. The summed E-state index contributed by atoms with van der Waals surface area (Å²) in [6.45, 7) is 9.53. The third kappa shape index (κ3) is 4.27. The highest BCUT2D eigenvalue weighted by Gasteiger charge is 2.16. The SMILES string of the molecule is CCC(C)(C)CNC(C)c1cc(O)cc(O)c1. The van der Waals surface area contributed by atoms with E-state index < -0.39 is 0 Å². The van der Waals surface area contributed by atoms with Crippen LogP contribution >= 0.6 is 0 Å². The number of hydrogen-bond acceptors (Lipinski definition) is 3. The normalized spacial score (nSPS) is 13.6. The fraction of sp³-hybridized carbons (Fsp3) is 0.571. The molecule has 1 unspecified atom stereocenters. The van der Waals surface area contributed by atoms with E-state index in [4.69, 9.17) is 0 Å². The molecule has 0 saturated heterocycles. The van der Waals surface area contributed by atoms with Gasteiger partial charge >= 0.3 is 0 Å². The molecule has 3 N–H and O–H groups in total. The standard InChI is InChI=1S/C14H23NO2/c1-5-14(3,4)9-15-10(2)11-6-12(16)8-13(17)7-11/h6-8,10,15-17H,5,9H2,1-4H3. The molecule has 1 rings (SSSR count). The lowest BCUT2D eigenvalue weighted by atomic mass is 9.90. The summed E-state index contributed by atoms with van der Waals surface area (Å²) in [7, 11) is 0. The van der Waals surface area contributed by atoms with Crippen LogP contribution in [0.4, 0.5) is 0 Å². The highest BCUT2D eigenvalue weighted by Crippen LogP contribution is 2.26. The number of nitrogens with one attached hydrogen (secondary N) is 1. The Balaban J connectivity index is 2.67. The molecule has 0 bridgehead atoms. The van der Waals surface area contributed by atoms with Gasteiger partial charge in [0.05, 0.1) is 0 Å². The van der Waals surface area contributed by atoms with Gasteiger partial charge in [-0.25, -0.2) is 0 Å². The molecular formula is C14H23NO2. The van der Waals surface area contributed by atoms with Gasteiger partial charge in [0.25, 0.3) is 0 Å². The minimum absolute atomic E-state index is 0.100. The highest BCUT2D eigenvalue weighted by atomic mass is 16.3. The molecule has 0 spiro atoms. The van der Waals surface area contributed by atoms with E-state index in [0.717, 1.165) is 18.5 Å². The van der Waals surface area contributed by atoms with Gasteiger partial charge in [-0.3, -0.25) is 0 Å². The van der Waals surface area contributed by atoms with E-state index >= 15 is 0 Å². The van der Waals surface area contributed by atoms with Crippen molar-refractivity contribution in [2.24, 2.45) is 5.41 Å². The number of aromatic hydroxyl groups is 2. The monoisotopic (exact) mass is 237 g/mol. The fourth-order valence-electron chi connectivity index (χ4n) is 1.54. The van der Waals surface area contributed by atoms with Crippen LogP contribution in [-0.4, -0.2) is 16.8 Å². The van der Waals surface area contributed by atoms with Gasteiger partial charge in [0, 0.05) is 18.7 Å². The van der Waals surface area contributed by atoms with E-state index in [0.29, 0.717) is 0 Å². The summed E-state index contributed by atoms with van der Waals surface area (Å²) in [5.74, 6) is 0.201. The predicted molar refractivity (Wildman–Crippen MR) is 70.3 cm³/mol. The smallest absolute Gasteiger partial charge is 0.119 e. The quantitative estimate of drug-likeness (QED) is 0.737. The maximum Gasteiger partial charge on any atom is 0.119 e. The van der Waals surface area contributed by atoms with Crippen molar-refractivity contribution in [3.8, 4) is 11.5 Å². The lowest BCUT2D eigenvalue weighted by Crippen LogP contribution is -2.30. The van der Waals surface area contributed by atoms with Crippen LogP contribution in [0.1, 0.15) is 45.7 Å². The Morgan fingerprint density at radius 3 is 2.18 bits per heavy atom. The Bertz CT molecular complexity index is 354. The molecule has 0 aromatic heterocycles. The molecular weight excluding hydrogens is 214 g/mol. The van der Waals surface area contributed by atoms with Gasteiger partial charge in [-0.2, -0.15) is 0 Å². The molecule has 0 heterocycles. The number of phenolic OH excluding ortho intramolecular Hbond substituents is 2. The first-order valence-electron chi connectivity index (χ1n) is 6.10. The van der Waals surface area contributed by atoms with Gasteiger partial charge < -0.3 is 15.5 Å². The Hall–Kier alpha value is -1.22. The number of rotatable bonds is 5. The van der Waals surface area contributed by atoms with Crippen LogP contribution in [0.15, 0.2) is 18.2 Å². The first-order chi connectivity index (χ1) is 7.84. The van der Waals surface area contributed by atoms with Crippen LogP contribution < -0.4 is 5.32 Å². The molecule has 0 aliphatic heterocycles. The van der Waals surface area contributed by atoms with Crippen molar-refractivity contribution in [3.63, 3.8) is 0 Å². The van der Waals surface area contributed by atoms with E-state index in [-0.39, 0.29) is 23.0 Å². The molecule has 0 aliphatic carbocycles. The second-order valence-corrected chi connectivity index (χ2v) is 5.40. The number of hydrogen-bond donors (Lipinski definition) is 3. The van der Waals surface area contributed by atoms with Crippen molar-refractivity contribution in [3.05, 3.63) is 23.8 Å². The molecule has 1 aromatic carbocycles. The zero-order valence-corrected chi connectivity index (χ0v) is 11.1. The van der Waals surface area contributed by atoms with E-state index in [9.17, 15) is 10.2 Å². The van der Waals surface area contributed by atoms with E-state index in [2.05, 4.69) is 26.1 Å². The third-order valence-electron chi connectivity index (χ3n) is 3.27. The Labute approximate surface area is 103 Å². The lowest BCUT2D eigenvalue weighted by Gasteiger charge is -2.26. The van der Waals surface area contributed by atoms with Gasteiger partial charge in [-0.15, -0.1) is 0 Å². The lowest BCUT2D eigenvalue weighted by molar-refractivity contribution is 0.313. The van der Waals surface area contributed by atoms with Gasteiger partial charge in [0.15, 0.2) is 0 Å². The van der Waals surface area contributed by atoms with Crippen molar-refractivity contribution in [1.82, 2.24) is 5.32 Å². The minimum Gasteiger partial charge on any atom is -0.508 e. The largest absolute Gasteiger partial charge is 0.508 e. The molecule has 0 fully saturated rings. The van der Waals surface area contributed by atoms with Crippen LogP contribution in [0.3, 0.4) is 0 Å². The summed E-state index contributed by atoms with van der Waals surface area (Å²) in [4.78, 5) is 0. The average Bonchev–Trinajstić information content (AvgIpc) is 2.24. The van der Waals surface area contributed by atoms with Crippen LogP contribution in [0, 0.1) is 5.41 Å². The number of phenols is 2. The van der Waals surface area contributed by atoms with Crippen LogP contribution in [-0.2, 0) is 0 Å². The molecule has 0 radical (unpaired) electrons. The summed E-state index contributed by atoms with van der Waals surface area (Å²) >= 11 is 0. The molecule has 0 aliphatic rings. The third-order valence-corrected chi connectivity index (χ3v) is 3.27. The van der Waals surface area contributed by atoms with Gasteiger partial charge in [0.2, 0.25) is 0 Å². The van der Waals surface area contributed by atoms with Crippen LogP contribution in [0.5, 0.6) is 11.5 Å². The second-order valence-electron chi connectivity index (χ2n) is 5.40. The van der Waals surface area contributed by atoms with Gasteiger partial charge in [-0.1, -0.05) is 20.8 Å². The Morgan fingerprint density at radius 1 is 1.18 bits per heavy atom. The van der Waals surface area contributed by atoms with E-state index in [1.807, 2.05) is 6.92 Å². The van der Waals surface area contributed by atoms with Crippen LogP contribution in [0.25, 0.3) is 0 Å². The van der Waals surface area contributed by atoms with Gasteiger partial charge in [0.1, 0.15) is 11.5 Å². The molecule has 96 valence electrons. The topological polar surface area (TPSA) is 52.5 Å². The maximum atomic E-state index is 9.43. The summed E-state index contributed by atoms with van der Waals surface area (Å²) in [6, 6.07) is 4.80. The maximum absolute atomic E-state index is 9.43.